The maximum absolute atomic E-state index is 13.1. The lowest BCUT2D eigenvalue weighted by Crippen LogP contribution is -2.38. The molecule has 0 spiro atoms. The number of anilines is 1. The fourth-order valence-electron chi connectivity index (χ4n) is 4.19. The van der Waals surface area contributed by atoms with Gasteiger partial charge in [0.05, 0.1) is 23.0 Å². The van der Waals surface area contributed by atoms with E-state index >= 15 is 0 Å². The summed E-state index contributed by atoms with van der Waals surface area (Å²) < 4.78 is 29.6. The van der Waals surface area contributed by atoms with Crippen molar-refractivity contribution in [3.8, 4) is 0 Å². The number of nitrogens with one attached hydrogen (secondary N) is 1. The fourth-order valence-corrected chi connectivity index (χ4v) is 5.66. The van der Waals surface area contributed by atoms with Crippen LogP contribution in [0.1, 0.15) is 62.4 Å². The predicted octanol–water partition coefficient (Wildman–Crippen LogP) is 4.22. The molecular formula is C23H29N5O3S. The van der Waals surface area contributed by atoms with Crippen LogP contribution in [0.3, 0.4) is 0 Å². The molecule has 0 unspecified atom stereocenters. The second kappa shape index (κ2) is 8.99. The zero-order chi connectivity index (χ0) is 22.9. The summed E-state index contributed by atoms with van der Waals surface area (Å²) in [6.45, 7) is 4.05. The van der Waals surface area contributed by atoms with Gasteiger partial charge in [0, 0.05) is 30.1 Å². The van der Waals surface area contributed by atoms with Crippen molar-refractivity contribution in [1.29, 1.82) is 0 Å². The summed E-state index contributed by atoms with van der Waals surface area (Å²) in [5, 5.41) is 7.97. The molecule has 0 radical (unpaired) electrons. The van der Waals surface area contributed by atoms with E-state index in [1.807, 2.05) is 24.6 Å². The molecule has 2 heterocycles. The molecule has 3 aromatic rings. The lowest BCUT2D eigenvalue weighted by Gasteiger charge is -2.30. The third-order valence-corrected chi connectivity index (χ3v) is 7.95. The second-order valence-corrected chi connectivity index (χ2v) is 10.6. The standard InChI is InChI=1S/C23H29N5O3S/c1-16(2)28-22-18(14-25-28)12-19(15-24-22)26-23(29)17-8-7-11-21(13-17)32(30,31)27(3)20-9-5-4-6-10-20/h7-8,11-16,20H,4-6,9-10H2,1-3H3,(H,26,29). The Morgan fingerprint density at radius 1 is 1.16 bits per heavy atom. The molecule has 170 valence electrons. The highest BCUT2D eigenvalue weighted by Gasteiger charge is 2.29. The molecule has 0 atom stereocenters. The molecule has 0 saturated heterocycles. The SMILES string of the molecule is CC(C)n1ncc2cc(NC(=O)c3cccc(S(=O)(=O)N(C)C4CCCCC4)c3)cnc21. The average molecular weight is 456 g/mol. The first-order valence-electron chi connectivity index (χ1n) is 11.0. The molecule has 1 N–H and O–H groups in total. The number of carbonyl (C=O) groups is 1. The van der Waals surface area contributed by atoms with E-state index < -0.39 is 10.0 Å². The quantitative estimate of drug-likeness (QED) is 0.600. The van der Waals surface area contributed by atoms with Crippen LogP contribution in [-0.4, -0.2) is 46.5 Å². The van der Waals surface area contributed by atoms with Gasteiger partial charge in [0.1, 0.15) is 0 Å². The van der Waals surface area contributed by atoms with Gasteiger partial charge in [-0.2, -0.15) is 9.40 Å². The van der Waals surface area contributed by atoms with Crippen LogP contribution in [0.15, 0.2) is 47.6 Å². The number of fused-ring (bicyclic) bond motifs is 1. The van der Waals surface area contributed by atoms with E-state index in [9.17, 15) is 13.2 Å². The van der Waals surface area contributed by atoms with E-state index in [-0.39, 0.29) is 28.4 Å². The Balaban J connectivity index is 1.54. The predicted molar refractivity (Wildman–Crippen MR) is 124 cm³/mol. The molecule has 0 bridgehead atoms. The van der Waals surface area contributed by atoms with Crippen molar-refractivity contribution in [2.75, 3.05) is 12.4 Å². The number of hydrogen-bond donors (Lipinski definition) is 1. The Morgan fingerprint density at radius 2 is 1.91 bits per heavy atom. The molecule has 4 rings (SSSR count). The van der Waals surface area contributed by atoms with Crippen LogP contribution in [-0.2, 0) is 10.0 Å². The van der Waals surface area contributed by atoms with Crippen LogP contribution in [0.4, 0.5) is 5.69 Å². The first kappa shape index (κ1) is 22.4. The molecule has 1 aliphatic carbocycles. The molecule has 8 nitrogen and oxygen atoms in total. The normalized spacial score (nSPS) is 15.5. The number of carbonyl (C=O) groups excluding carboxylic acids is 1. The number of pyridine rings is 1. The molecule has 1 saturated carbocycles. The van der Waals surface area contributed by atoms with Gasteiger partial charge in [0.2, 0.25) is 10.0 Å². The number of hydrogen-bond acceptors (Lipinski definition) is 5. The minimum Gasteiger partial charge on any atom is -0.321 e. The molecule has 32 heavy (non-hydrogen) atoms. The zero-order valence-corrected chi connectivity index (χ0v) is 19.5. The zero-order valence-electron chi connectivity index (χ0n) is 18.7. The molecule has 1 aliphatic rings. The summed E-state index contributed by atoms with van der Waals surface area (Å²) in [7, 11) is -2.04. The fraction of sp³-hybridized carbons (Fsp3) is 0.435. The van der Waals surface area contributed by atoms with Crippen LogP contribution in [0.25, 0.3) is 11.0 Å². The van der Waals surface area contributed by atoms with E-state index in [1.54, 1.807) is 37.6 Å². The van der Waals surface area contributed by atoms with Gasteiger partial charge in [0.15, 0.2) is 5.65 Å². The monoisotopic (exact) mass is 455 g/mol. The highest BCUT2D eigenvalue weighted by Crippen LogP contribution is 2.27. The molecule has 0 aliphatic heterocycles. The summed E-state index contributed by atoms with van der Waals surface area (Å²) in [5.41, 5.74) is 1.55. The third kappa shape index (κ3) is 4.40. The van der Waals surface area contributed by atoms with Crippen molar-refractivity contribution >= 4 is 32.7 Å². The van der Waals surface area contributed by atoms with Crippen LogP contribution < -0.4 is 5.32 Å². The number of sulfonamides is 1. The third-order valence-electron chi connectivity index (χ3n) is 6.04. The highest BCUT2D eigenvalue weighted by molar-refractivity contribution is 7.89. The number of nitrogens with zero attached hydrogens (tertiary/aromatic N) is 4. The maximum Gasteiger partial charge on any atom is 0.255 e. The van der Waals surface area contributed by atoms with Gasteiger partial charge in [-0.05, 0) is 51.0 Å². The molecule has 1 fully saturated rings. The summed E-state index contributed by atoms with van der Waals surface area (Å²) in [4.78, 5) is 17.4. The van der Waals surface area contributed by atoms with E-state index in [0.29, 0.717) is 5.69 Å². The largest absolute Gasteiger partial charge is 0.321 e. The lowest BCUT2D eigenvalue weighted by atomic mass is 9.96. The first-order chi connectivity index (χ1) is 15.3. The first-order valence-corrected chi connectivity index (χ1v) is 12.4. The van der Waals surface area contributed by atoms with Crippen LogP contribution in [0, 0.1) is 0 Å². The van der Waals surface area contributed by atoms with E-state index in [0.717, 1.165) is 43.1 Å². The topological polar surface area (TPSA) is 97.2 Å². The minimum atomic E-state index is -3.67. The van der Waals surface area contributed by atoms with Crippen molar-refractivity contribution < 1.29 is 13.2 Å². The van der Waals surface area contributed by atoms with Gasteiger partial charge < -0.3 is 5.32 Å². The smallest absolute Gasteiger partial charge is 0.255 e. The Labute approximate surface area is 188 Å². The molecule has 1 amide bonds. The van der Waals surface area contributed by atoms with Crippen molar-refractivity contribution in [1.82, 2.24) is 19.1 Å². The van der Waals surface area contributed by atoms with E-state index in [2.05, 4.69) is 15.4 Å². The molecular weight excluding hydrogens is 426 g/mol. The van der Waals surface area contributed by atoms with E-state index in [1.165, 1.54) is 10.4 Å². The number of rotatable bonds is 6. The summed E-state index contributed by atoms with van der Waals surface area (Å²) >= 11 is 0. The number of amides is 1. The van der Waals surface area contributed by atoms with Crippen LogP contribution >= 0.6 is 0 Å². The molecule has 1 aromatic carbocycles. The Hall–Kier alpha value is -2.78. The van der Waals surface area contributed by atoms with Crippen molar-refractivity contribution in [3.05, 3.63) is 48.3 Å². The highest BCUT2D eigenvalue weighted by atomic mass is 32.2. The summed E-state index contributed by atoms with van der Waals surface area (Å²) in [6, 6.07) is 8.19. The molecule has 2 aromatic heterocycles. The summed E-state index contributed by atoms with van der Waals surface area (Å²) in [6.07, 6.45) is 8.28. The van der Waals surface area contributed by atoms with Gasteiger partial charge in [-0.3, -0.25) is 4.79 Å². The molecule has 9 heteroatoms. The Morgan fingerprint density at radius 3 is 2.62 bits per heavy atom. The van der Waals surface area contributed by atoms with Crippen LogP contribution in [0.2, 0.25) is 0 Å². The second-order valence-electron chi connectivity index (χ2n) is 8.61. The minimum absolute atomic E-state index is 0.00999. The van der Waals surface area contributed by atoms with Gasteiger partial charge in [-0.15, -0.1) is 0 Å². The maximum atomic E-state index is 13.1. The Bertz CT molecular complexity index is 1230. The van der Waals surface area contributed by atoms with Gasteiger partial charge in [0.25, 0.3) is 5.91 Å². The van der Waals surface area contributed by atoms with Gasteiger partial charge in [-0.25, -0.2) is 18.1 Å². The van der Waals surface area contributed by atoms with Crippen molar-refractivity contribution in [2.45, 2.75) is 62.9 Å². The van der Waals surface area contributed by atoms with Crippen molar-refractivity contribution in [3.63, 3.8) is 0 Å². The Kier molecular flexibility index (Phi) is 6.30. The lowest BCUT2D eigenvalue weighted by molar-refractivity contribution is 0.102. The summed E-state index contributed by atoms with van der Waals surface area (Å²) in [5.74, 6) is -0.389. The van der Waals surface area contributed by atoms with E-state index in [4.69, 9.17) is 0 Å². The van der Waals surface area contributed by atoms with Crippen LogP contribution in [0.5, 0.6) is 0 Å². The van der Waals surface area contributed by atoms with Gasteiger partial charge >= 0.3 is 0 Å². The van der Waals surface area contributed by atoms with Gasteiger partial charge in [-0.1, -0.05) is 25.3 Å². The number of aromatic nitrogens is 3. The van der Waals surface area contributed by atoms with Crippen molar-refractivity contribution in [2.24, 2.45) is 0 Å². The average Bonchev–Trinajstić information content (AvgIpc) is 3.23. The number of benzene rings is 1.